The molecule has 2 N–H and O–H groups in total. The Kier molecular flexibility index (Phi) is 10.9. The first-order valence-corrected chi connectivity index (χ1v) is 18.9. The van der Waals surface area contributed by atoms with E-state index in [1.807, 2.05) is 24.3 Å². The summed E-state index contributed by atoms with van der Waals surface area (Å²) < 4.78 is 50.2. The second kappa shape index (κ2) is 15.8. The summed E-state index contributed by atoms with van der Waals surface area (Å²) in [6.45, 7) is 7.34. The number of carboxylic acids is 2. The van der Waals surface area contributed by atoms with Gasteiger partial charge in [0.2, 0.25) is 0 Å². The molecular weight excluding hydrogens is 739 g/mol. The number of carboxylic acid groups (broad SMARTS) is 2. The number of halogens is 3. The summed E-state index contributed by atoms with van der Waals surface area (Å²) in [4.78, 5) is 41.7. The zero-order valence-electron chi connectivity index (χ0n) is 31.4. The number of nitrogens with zero attached hydrogens (tertiary/aromatic N) is 5. The first-order valence-electron chi connectivity index (χ1n) is 18.9. The van der Waals surface area contributed by atoms with E-state index in [4.69, 9.17) is 4.74 Å². The molecule has 7 rings (SSSR count). The topological polar surface area (TPSA) is 141 Å². The molecule has 5 aromatic rings. The van der Waals surface area contributed by atoms with Crippen LogP contribution >= 0.6 is 0 Å². The van der Waals surface area contributed by atoms with Crippen LogP contribution in [-0.4, -0.2) is 74.0 Å². The third-order valence-electron chi connectivity index (χ3n) is 11.2. The molecule has 2 heterocycles. The number of rotatable bonds is 12. The molecule has 1 aliphatic heterocycles. The highest BCUT2D eigenvalue weighted by Gasteiger charge is 2.38. The van der Waals surface area contributed by atoms with E-state index in [-0.39, 0.29) is 29.5 Å². The van der Waals surface area contributed by atoms with Crippen LogP contribution in [0.5, 0.6) is 5.75 Å². The number of para-hydroxylation sites is 2. The fourth-order valence-corrected chi connectivity index (χ4v) is 8.12. The largest absolute Gasteiger partial charge is 0.490 e. The molecule has 57 heavy (non-hydrogen) atoms. The number of benzene rings is 4. The number of hydrogen-bond acceptors (Lipinski definition) is 7. The molecular formula is C43H42F3N5O6. The zero-order chi connectivity index (χ0) is 40.6. The molecule has 2 aliphatic rings. The van der Waals surface area contributed by atoms with Crippen molar-refractivity contribution >= 4 is 28.7 Å². The van der Waals surface area contributed by atoms with Crippen molar-refractivity contribution in [3.05, 3.63) is 123 Å². The van der Waals surface area contributed by atoms with Crippen LogP contribution in [0.4, 0.5) is 18.9 Å². The average molecular weight is 782 g/mol. The number of carbonyl (C=O) groups is 2. The highest BCUT2D eigenvalue weighted by atomic mass is 19.4. The fourth-order valence-electron chi connectivity index (χ4n) is 8.12. The molecule has 1 aromatic heterocycles. The molecule has 0 radical (unpaired) electrons. The lowest BCUT2D eigenvalue weighted by Crippen LogP contribution is -2.53. The highest BCUT2D eigenvalue weighted by molar-refractivity contribution is 6.02. The number of aromatic carboxylic acids is 2. The average Bonchev–Trinajstić information content (AvgIpc) is 3.45. The molecule has 0 bridgehead atoms. The van der Waals surface area contributed by atoms with E-state index >= 15 is 0 Å². The van der Waals surface area contributed by atoms with Gasteiger partial charge in [-0.3, -0.25) is 14.0 Å². The van der Waals surface area contributed by atoms with Crippen molar-refractivity contribution in [3.63, 3.8) is 0 Å². The number of fused-ring (bicyclic) bond motifs is 1. The van der Waals surface area contributed by atoms with Gasteiger partial charge >= 0.3 is 23.8 Å². The third-order valence-corrected chi connectivity index (χ3v) is 11.2. The van der Waals surface area contributed by atoms with Crippen molar-refractivity contribution in [1.29, 1.82) is 5.26 Å². The summed E-state index contributed by atoms with van der Waals surface area (Å²) in [5, 5.41) is 28.0. The van der Waals surface area contributed by atoms with Gasteiger partial charge in [0.1, 0.15) is 11.9 Å². The highest BCUT2D eigenvalue weighted by Crippen LogP contribution is 2.35. The van der Waals surface area contributed by atoms with Gasteiger partial charge in [-0.1, -0.05) is 24.3 Å². The van der Waals surface area contributed by atoms with Crippen LogP contribution < -0.4 is 15.3 Å². The zero-order valence-corrected chi connectivity index (χ0v) is 31.4. The summed E-state index contributed by atoms with van der Waals surface area (Å²) in [6.07, 6.45) is -1.20. The minimum Gasteiger partial charge on any atom is -0.490 e. The van der Waals surface area contributed by atoms with Crippen molar-refractivity contribution in [2.24, 2.45) is 5.92 Å². The maximum atomic E-state index is 13.8. The van der Waals surface area contributed by atoms with E-state index in [1.165, 1.54) is 28.8 Å². The quantitative estimate of drug-likeness (QED) is 0.131. The Labute approximate surface area is 326 Å². The second-order valence-corrected chi connectivity index (χ2v) is 15.1. The molecule has 1 saturated heterocycles. The van der Waals surface area contributed by atoms with Gasteiger partial charge in [-0.25, -0.2) is 14.4 Å². The van der Waals surface area contributed by atoms with Gasteiger partial charge in [-0.15, -0.1) is 0 Å². The number of piperidine rings is 1. The predicted molar refractivity (Wildman–Crippen MR) is 207 cm³/mol. The van der Waals surface area contributed by atoms with Gasteiger partial charge in [-0.05, 0) is 98.8 Å². The monoisotopic (exact) mass is 781 g/mol. The first-order chi connectivity index (χ1) is 27.2. The summed E-state index contributed by atoms with van der Waals surface area (Å²) in [6, 6.07) is 24.6. The van der Waals surface area contributed by atoms with E-state index in [0.29, 0.717) is 34.8 Å². The first kappa shape index (κ1) is 39.2. The van der Waals surface area contributed by atoms with Gasteiger partial charge in [0.15, 0.2) is 0 Å². The Hall–Kier alpha value is -6.07. The number of aromatic nitrogens is 2. The number of nitriles is 1. The molecule has 0 amide bonds. The van der Waals surface area contributed by atoms with Gasteiger partial charge < -0.3 is 19.8 Å². The normalized spacial score (nSPS) is 17.5. The molecule has 296 valence electrons. The van der Waals surface area contributed by atoms with Gasteiger partial charge in [-0.2, -0.15) is 18.4 Å². The maximum Gasteiger partial charge on any atom is 0.417 e. The van der Waals surface area contributed by atoms with Crippen LogP contribution in [0.25, 0.3) is 16.7 Å². The molecule has 11 nitrogen and oxygen atoms in total. The van der Waals surface area contributed by atoms with E-state index in [0.717, 1.165) is 68.7 Å². The minimum absolute atomic E-state index is 0.0297. The van der Waals surface area contributed by atoms with Crippen LogP contribution in [0.1, 0.15) is 76.9 Å². The smallest absolute Gasteiger partial charge is 0.417 e. The summed E-state index contributed by atoms with van der Waals surface area (Å²) in [7, 11) is 0. The number of imidazole rings is 1. The fraction of sp³-hybridized carbons (Fsp3) is 0.349. The number of alkyl halides is 3. The summed E-state index contributed by atoms with van der Waals surface area (Å²) in [5.74, 6) is -1.75. The molecule has 0 spiro atoms. The minimum atomic E-state index is -4.76. The lowest BCUT2D eigenvalue weighted by Gasteiger charge is -2.46. The second-order valence-electron chi connectivity index (χ2n) is 15.1. The van der Waals surface area contributed by atoms with Gasteiger partial charge in [0.25, 0.3) is 0 Å². The third kappa shape index (κ3) is 8.11. The molecule has 0 atom stereocenters. The Morgan fingerprint density at radius 1 is 0.895 bits per heavy atom. The molecule has 1 saturated carbocycles. The maximum absolute atomic E-state index is 13.8. The summed E-state index contributed by atoms with van der Waals surface area (Å²) >= 11 is 0. The lowest BCUT2D eigenvalue weighted by atomic mass is 9.85. The van der Waals surface area contributed by atoms with E-state index in [1.54, 1.807) is 34.9 Å². The SMILES string of the molecule is CC(C)N(CC1CCN(c2ccc(Cn3c(=O)n(-c4ccc(C#N)c(C(F)(F)F)c4)c4ccccc43)cc2)CC1)[C@H]1C[C@H](Oc2ccc(C(=O)O)c(C(=O)O)c2)C1. The number of ether oxygens (including phenoxy) is 1. The Morgan fingerprint density at radius 3 is 2.16 bits per heavy atom. The molecule has 0 unspecified atom stereocenters. The van der Waals surface area contributed by atoms with Crippen LogP contribution in [0.3, 0.4) is 0 Å². The van der Waals surface area contributed by atoms with E-state index < -0.39 is 34.9 Å². The van der Waals surface area contributed by atoms with Crippen molar-refractivity contribution in [2.75, 3.05) is 24.5 Å². The molecule has 2 fully saturated rings. The number of hydrogen-bond donors (Lipinski definition) is 2. The Bertz CT molecular complexity index is 2400. The van der Waals surface area contributed by atoms with E-state index in [9.17, 15) is 43.0 Å². The van der Waals surface area contributed by atoms with Crippen LogP contribution in [0, 0.1) is 17.2 Å². The Morgan fingerprint density at radius 2 is 1.54 bits per heavy atom. The lowest BCUT2D eigenvalue weighted by molar-refractivity contribution is -0.137. The van der Waals surface area contributed by atoms with Crippen LogP contribution in [0.15, 0.2) is 89.7 Å². The van der Waals surface area contributed by atoms with Crippen molar-refractivity contribution < 1.29 is 37.7 Å². The summed E-state index contributed by atoms with van der Waals surface area (Å²) in [5.41, 5.74) is 0.354. The van der Waals surface area contributed by atoms with Crippen molar-refractivity contribution in [2.45, 2.75) is 70.4 Å². The van der Waals surface area contributed by atoms with Gasteiger partial charge in [0, 0.05) is 50.2 Å². The van der Waals surface area contributed by atoms with Crippen molar-refractivity contribution in [3.8, 4) is 17.5 Å². The van der Waals surface area contributed by atoms with Crippen LogP contribution in [-0.2, 0) is 12.7 Å². The van der Waals surface area contributed by atoms with Crippen LogP contribution in [0.2, 0.25) is 0 Å². The van der Waals surface area contributed by atoms with Gasteiger partial charge in [0.05, 0.1) is 51.6 Å². The van der Waals surface area contributed by atoms with Crippen molar-refractivity contribution in [1.82, 2.24) is 14.0 Å². The molecule has 1 aliphatic carbocycles. The molecule has 14 heteroatoms. The Balaban J connectivity index is 0.962. The predicted octanol–water partition coefficient (Wildman–Crippen LogP) is 7.66. The van der Waals surface area contributed by atoms with E-state index in [2.05, 4.69) is 23.6 Å². The number of anilines is 1. The molecule has 4 aromatic carbocycles. The standard InChI is InChI=1S/C43H42F3N5O6/c1-26(2)49(32-19-34(20-32)57-33-13-14-35(40(52)53)36(22-33)41(54)55)24-28-15-17-48(18-16-28)30-10-7-27(8-11-30)25-50-38-5-3-4-6-39(38)51(42(50)56)31-12-9-29(23-47)37(21-31)43(44,45)46/h3-14,21-22,26,28,32,34H,15-20,24-25H2,1-2H3,(H,52,53)(H,54,55)/t32-,34-.